The van der Waals surface area contributed by atoms with E-state index in [1.807, 2.05) is 13.8 Å². The van der Waals surface area contributed by atoms with E-state index in [0.29, 0.717) is 6.61 Å². The minimum absolute atomic E-state index is 0.202. The fourth-order valence-corrected chi connectivity index (χ4v) is 2.31. The van der Waals surface area contributed by atoms with Crippen molar-refractivity contribution in [3.05, 3.63) is 28.8 Å². The average molecular weight is 292 g/mol. The summed E-state index contributed by atoms with van der Waals surface area (Å²) in [7, 11) is 0. The van der Waals surface area contributed by atoms with Crippen molar-refractivity contribution < 1.29 is 19.4 Å². The number of hydrogen-bond acceptors (Lipinski definition) is 3. The van der Waals surface area contributed by atoms with Gasteiger partial charge in [-0.2, -0.15) is 0 Å². The Morgan fingerprint density at radius 1 is 1.05 bits per heavy atom. The highest BCUT2D eigenvalue weighted by atomic mass is 16.5. The first-order valence-electron chi connectivity index (χ1n) is 7.49. The van der Waals surface area contributed by atoms with Crippen molar-refractivity contribution >= 4 is 11.8 Å². The molecule has 4 nitrogen and oxygen atoms in total. The highest BCUT2D eigenvalue weighted by molar-refractivity contribution is 6.39. The number of carbonyl (C=O) groups excluding carboxylic acids is 1. The van der Waals surface area contributed by atoms with Gasteiger partial charge in [-0.25, -0.2) is 4.79 Å². The van der Waals surface area contributed by atoms with Gasteiger partial charge in [0, 0.05) is 5.56 Å². The summed E-state index contributed by atoms with van der Waals surface area (Å²) in [5, 5.41) is 8.75. The van der Waals surface area contributed by atoms with Gasteiger partial charge in [0.25, 0.3) is 5.78 Å². The summed E-state index contributed by atoms with van der Waals surface area (Å²) in [6.45, 7) is 6.50. The molecule has 1 N–H and O–H groups in total. The molecule has 0 radical (unpaired) electrons. The predicted octanol–water partition coefficient (Wildman–Crippen LogP) is 3.92. The highest BCUT2D eigenvalue weighted by Crippen LogP contribution is 2.25. The molecule has 1 aromatic carbocycles. The molecule has 0 spiro atoms. The molecule has 0 aliphatic rings. The molecule has 1 rings (SSSR count). The van der Waals surface area contributed by atoms with Gasteiger partial charge in [-0.15, -0.1) is 0 Å². The maximum Gasteiger partial charge on any atom is 0.377 e. The molecule has 0 saturated heterocycles. The van der Waals surface area contributed by atoms with Crippen LogP contribution in [0.2, 0.25) is 0 Å². The van der Waals surface area contributed by atoms with E-state index in [1.165, 1.54) is 19.3 Å². The largest absolute Gasteiger partial charge is 0.493 e. The number of hydrogen-bond donors (Lipinski definition) is 1. The number of carboxylic acids is 1. The number of rotatable bonds is 9. The van der Waals surface area contributed by atoms with E-state index >= 15 is 0 Å². The molecule has 0 amide bonds. The molecule has 4 heteroatoms. The zero-order chi connectivity index (χ0) is 15.8. The number of aryl methyl sites for hydroxylation is 2. The van der Waals surface area contributed by atoms with Crippen LogP contribution >= 0.6 is 0 Å². The first-order valence-corrected chi connectivity index (χ1v) is 7.49. The smallest absolute Gasteiger partial charge is 0.377 e. The molecule has 0 atom stereocenters. The molecule has 0 bridgehead atoms. The third-order valence-corrected chi connectivity index (χ3v) is 3.41. The summed E-state index contributed by atoms with van der Waals surface area (Å²) in [4.78, 5) is 22.2. The van der Waals surface area contributed by atoms with E-state index < -0.39 is 11.8 Å². The van der Waals surface area contributed by atoms with Gasteiger partial charge in [0.15, 0.2) is 0 Å². The lowest BCUT2D eigenvalue weighted by Gasteiger charge is -2.13. The van der Waals surface area contributed by atoms with Crippen LogP contribution in [-0.4, -0.2) is 23.5 Å². The van der Waals surface area contributed by atoms with Gasteiger partial charge >= 0.3 is 5.97 Å². The predicted molar refractivity (Wildman–Crippen MR) is 82.1 cm³/mol. The Morgan fingerprint density at radius 2 is 1.62 bits per heavy atom. The monoisotopic (exact) mass is 292 g/mol. The van der Waals surface area contributed by atoms with Crippen LogP contribution in [-0.2, 0) is 4.79 Å². The second kappa shape index (κ2) is 8.45. The van der Waals surface area contributed by atoms with Crippen LogP contribution in [0.3, 0.4) is 0 Å². The summed E-state index contributed by atoms with van der Waals surface area (Å²) in [6.07, 6.45) is 5.86. The van der Waals surface area contributed by atoms with Crippen LogP contribution in [0.4, 0.5) is 0 Å². The Bertz CT molecular complexity index is 483. The van der Waals surface area contributed by atoms with Gasteiger partial charge in [0.1, 0.15) is 5.75 Å². The second-order valence-corrected chi connectivity index (χ2v) is 5.34. The van der Waals surface area contributed by atoms with Crippen molar-refractivity contribution in [1.82, 2.24) is 0 Å². The molecule has 0 aliphatic heterocycles. The maximum absolute atomic E-state index is 11.5. The normalized spacial score (nSPS) is 10.4. The Hall–Kier alpha value is -1.84. The van der Waals surface area contributed by atoms with E-state index in [4.69, 9.17) is 9.84 Å². The molecule has 1 aromatic rings. The molecule has 0 unspecified atom stereocenters. The fourth-order valence-electron chi connectivity index (χ4n) is 2.31. The van der Waals surface area contributed by atoms with Crippen LogP contribution in [0.5, 0.6) is 5.75 Å². The highest BCUT2D eigenvalue weighted by Gasteiger charge is 2.17. The number of carbonyl (C=O) groups is 2. The minimum atomic E-state index is -1.43. The average Bonchev–Trinajstić information content (AvgIpc) is 2.43. The summed E-state index contributed by atoms with van der Waals surface area (Å²) < 4.78 is 5.78. The molecule has 0 saturated carbocycles. The van der Waals surface area contributed by atoms with Crippen molar-refractivity contribution in [2.45, 2.75) is 52.9 Å². The maximum atomic E-state index is 11.5. The first kappa shape index (κ1) is 17.2. The molecule has 116 valence electrons. The van der Waals surface area contributed by atoms with E-state index in [0.717, 1.165) is 29.7 Å². The molecule has 0 fully saturated rings. The quantitative estimate of drug-likeness (QED) is 0.425. The Balaban J connectivity index is 2.64. The van der Waals surface area contributed by atoms with Gasteiger partial charge < -0.3 is 9.84 Å². The number of Topliss-reactive ketones (excluding diaryl/α,β-unsaturated/α-hetero) is 1. The third-order valence-electron chi connectivity index (χ3n) is 3.41. The van der Waals surface area contributed by atoms with Gasteiger partial charge in [-0.05, 0) is 43.5 Å². The van der Waals surface area contributed by atoms with Gasteiger partial charge in [0.2, 0.25) is 0 Å². The Morgan fingerprint density at radius 3 is 2.14 bits per heavy atom. The number of ether oxygens (including phenoxy) is 1. The molecule has 0 aliphatic carbocycles. The summed E-state index contributed by atoms with van der Waals surface area (Å²) in [6, 6.07) is 3.16. The zero-order valence-corrected chi connectivity index (χ0v) is 13.1. The summed E-state index contributed by atoms with van der Waals surface area (Å²) in [5.74, 6) is -1.56. The van der Waals surface area contributed by atoms with Crippen molar-refractivity contribution in [2.24, 2.45) is 0 Å². The van der Waals surface area contributed by atoms with Gasteiger partial charge in [-0.1, -0.05) is 32.6 Å². The van der Waals surface area contributed by atoms with Crippen molar-refractivity contribution in [3.63, 3.8) is 0 Å². The van der Waals surface area contributed by atoms with Crippen LogP contribution in [0.1, 0.15) is 60.5 Å². The molecule has 21 heavy (non-hydrogen) atoms. The lowest BCUT2D eigenvalue weighted by molar-refractivity contribution is -0.131. The molecule has 0 heterocycles. The third kappa shape index (κ3) is 5.21. The van der Waals surface area contributed by atoms with Crippen LogP contribution < -0.4 is 4.74 Å². The van der Waals surface area contributed by atoms with Gasteiger partial charge in [-0.3, -0.25) is 4.79 Å². The van der Waals surface area contributed by atoms with E-state index in [2.05, 4.69) is 6.92 Å². The Kier molecular flexibility index (Phi) is 6.92. The lowest BCUT2D eigenvalue weighted by Crippen LogP contribution is -2.13. The fraction of sp³-hybridized carbons (Fsp3) is 0.529. The van der Waals surface area contributed by atoms with Crippen molar-refractivity contribution in [2.75, 3.05) is 6.61 Å². The standard InChI is InChI=1S/C17H24O4/c1-4-5-6-7-8-9-21-16-12(2)10-14(11-13(16)3)15(18)17(19)20/h10-11H,4-9H2,1-3H3,(H,19,20). The van der Waals surface area contributed by atoms with Crippen LogP contribution in [0, 0.1) is 13.8 Å². The number of carboxylic acid groups (broad SMARTS) is 1. The second-order valence-electron chi connectivity index (χ2n) is 5.34. The first-order chi connectivity index (χ1) is 9.97. The number of benzene rings is 1. The van der Waals surface area contributed by atoms with Crippen molar-refractivity contribution in [1.29, 1.82) is 0 Å². The molecular formula is C17H24O4. The van der Waals surface area contributed by atoms with Gasteiger partial charge in [0.05, 0.1) is 6.61 Å². The van der Waals surface area contributed by atoms with E-state index in [9.17, 15) is 9.59 Å². The zero-order valence-electron chi connectivity index (χ0n) is 13.1. The minimum Gasteiger partial charge on any atom is -0.493 e. The van der Waals surface area contributed by atoms with Crippen molar-refractivity contribution in [3.8, 4) is 5.75 Å². The van der Waals surface area contributed by atoms with E-state index in [-0.39, 0.29) is 5.56 Å². The summed E-state index contributed by atoms with van der Waals surface area (Å²) in [5.41, 5.74) is 1.80. The Labute approximate surface area is 126 Å². The topological polar surface area (TPSA) is 63.6 Å². The summed E-state index contributed by atoms with van der Waals surface area (Å²) >= 11 is 0. The SMILES string of the molecule is CCCCCCCOc1c(C)cc(C(=O)C(=O)O)cc1C. The lowest BCUT2D eigenvalue weighted by atomic mass is 10.0. The van der Waals surface area contributed by atoms with Crippen LogP contribution in [0.15, 0.2) is 12.1 Å². The number of ketones is 1. The number of unbranched alkanes of at least 4 members (excludes halogenated alkanes) is 4. The van der Waals surface area contributed by atoms with Crippen LogP contribution in [0.25, 0.3) is 0 Å². The molecule has 0 aromatic heterocycles. The van der Waals surface area contributed by atoms with E-state index in [1.54, 1.807) is 12.1 Å². The molecular weight excluding hydrogens is 268 g/mol. The number of aliphatic carboxylic acids is 1.